The first-order valence-corrected chi connectivity index (χ1v) is 18.2. The first-order valence-electron chi connectivity index (χ1n) is 18.2. The van der Waals surface area contributed by atoms with Gasteiger partial charge >= 0.3 is 0 Å². The van der Waals surface area contributed by atoms with E-state index in [-0.39, 0.29) is 0 Å². The van der Waals surface area contributed by atoms with Gasteiger partial charge in [-0.3, -0.25) is 0 Å². The molecule has 4 heterocycles. The summed E-state index contributed by atoms with van der Waals surface area (Å²) in [5, 5.41) is 3.47. The molecule has 54 heavy (non-hydrogen) atoms. The second kappa shape index (κ2) is 12.1. The molecule has 5 nitrogen and oxygen atoms in total. The molecule has 0 fully saturated rings. The van der Waals surface area contributed by atoms with Crippen molar-refractivity contribution < 1.29 is 0 Å². The van der Waals surface area contributed by atoms with Crippen molar-refractivity contribution in [2.75, 3.05) is 0 Å². The lowest BCUT2D eigenvalue weighted by atomic mass is 10.0. The summed E-state index contributed by atoms with van der Waals surface area (Å²) >= 11 is 0. The molecule has 252 valence electrons. The average Bonchev–Trinajstić information content (AvgIpc) is 3.77. The van der Waals surface area contributed by atoms with Gasteiger partial charge in [0.25, 0.3) is 0 Å². The molecule has 11 aromatic rings. The molecule has 0 aliphatic heterocycles. The Morgan fingerprint density at radius 1 is 0.315 bits per heavy atom. The number of aromatic nitrogens is 5. The summed E-state index contributed by atoms with van der Waals surface area (Å²) in [6, 6.07) is 65.8. The van der Waals surface area contributed by atoms with E-state index in [0.717, 1.165) is 89.2 Å². The van der Waals surface area contributed by atoms with Crippen LogP contribution >= 0.6 is 0 Å². The van der Waals surface area contributed by atoms with E-state index in [9.17, 15) is 0 Å². The summed E-state index contributed by atoms with van der Waals surface area (Å²) in [6.45, 7) is 0. The SMILES string of the molecule is c1ccc(-c2nc3ccccc3nc2-c2ccc(-c3nc4c5ccccc5n(-c5ccccc5)c4c4c5ccccc5n(-c5ccccc5)c34)cc2)cc1. The molecule has 0 saturated carbocycles. The van der Waals surface area contributed by atoms with Crippen molar-refractivity contribution in [3.05, 3.63) is 188 Å². The number of pyridine rings is 1. The van der Waals surface area contributed by atoms with E-state index in [1.807, 2.05) is 42.5 Å². The van der Waals surface area contributed by atoms with Gasteiger partial charge in [-0.05, 0) is 48.5 Å². The first-order chi connectivity index (χ1) is 26.8. The molecule has 0 spiro atoms. The fourth-order valence-electron chi connectivity index (χ4n) is 8.11. The van der Waals surface area contributed by atoms with Gasteiger partial charge in [0.1, 0.15) is 0 Å². The van der Waals surface area contributed by atoms with Crippen LogP contribution in [0, 0.1) is 0 Å². The second-order valence-electron chi connectivity index (χ2n) is 13.6. The van der Waals surface area contributed by atoms with Gasteiger partial charge in [-0.1, -0.05) is 140 Å². The van der Waals surface area contributed by atoms with Crippen LogP contribution < -0.4 is 0 Å². The molecule has 5 heteroatoms. The molecule has 0 atom stereocenters. The summed E-state index contributed by atoms with van der Waals surface area (Å²) in [4.78, 5) is 16.0. The molecule has 0 aliphatic carbocycles. The van der Waals surface area contributed by atoms with Gasteiger partial charge in [0, 0.05) is 44.2 Å². The molecular formula is C49H31N5. The molecule has 7 aromatic carbocycles. The summed E-state index contributed by atoms with van der Waals surface area (Å²) in [5.41, 5.74) is 15.0. The van der Waals surface area contributed by atoms with Gasteiger partial charge in [-0.25, -0.2) is 15.0 Å². The maximum atomic E-state index is 5.67. The van der Waals surface area contributed by atoms with Crippen LogP contribution in [-0.4, -0.2) is 24.1 Å². The average molecular weight is 690 g/mol. The summed E-state index contributed by atoms with van der Waals surface area (Å²) in [5.74, 6) is 0. The Bertz CT molecular complexity index is 3180. The van der Waals surface area contributed by atoms with E-state index in [0.29, 0.717) is 0 Å². The lowest BCUT2D eigenvalue weighted by molar-refractivity contribution is 1.16. The maximum Gasteiger partial charge on any atom is 0.0979 e. The molecule has 0 N–H and O–H groups in total. The molecule has 0 bridgehead atoms. The monoisotopic (exact) mass is 689 g/mol. The second-order valence-corrected chi connectivity index (χ2v) is 13.6. The lowest BCUT2D eigenvalue weighted by Gasteiger charge is -2.14. The number of rotatable bonds is 5. The van der Waals surface area contributed by atoms with Crippen LogP contribution in [-0.2, 0) is 0 Å². The minimum absolute atomic E-state index is 0.851. The zero-order chi connectivity index (χ0) is 35.6. The van der Waals surface area contributed by atoms with E-state index in [2.05, 4.69) is 155 Å². The predicted molar refractivity (Wildman–Crippen MR) is 222 cm³/mol. The van der Waals surface area contributed by atoms with Crippen LogP contribution in [0.2, 0.25) is 0 Å². The van der Waals surface area contributed by atoms with Crippen LogP contribution in [0.4, 0.5) is 0 Å². The molecule has 0 radical (unpaired) electrons. The Morgan fingerprint density at radius 3 is 1.33 bits per heavy atom. The summed E-state index contributed by atoms with van der Waals surface area (Å²) < 4.78 is 4.77. The van der Waals surface area contributed by atoms with Crippen LogP contribution in [0.15, 0.2) is 188 Å². The Labute approximate surface area is 311 Å². The van der Waals surface area contributed by atoms with E-state index < -0.39 is 0 Å². The van der Waals surface area contributed by atoms with Crippen molar-refractivity contribution in [3.63, 3.8) is 0 Å². The Hall–Kier alpha value is -7.37. The van der Waals surface area contributed by atoms with Gasteiger partial charge in [0.05, 0.1) is 55.7 Å². The summed E-state index contributed by atoms with van der Waals surface area (Å²) in [6.07, 6.45) is 0. The standard InChI is InChI=1S/C49H31N5/c1-4-16-32(17-5-1)44-45(51-40-25-13-12-24-39(40)50-44)33-28-30-34(31-29-33)46-48-43(37-22-10-14-26-41(37)53(48)35-18-6-2-7-19-35)49-47(52-46)38-23-11-15-27-42(38)54(49)36-20-8-3-9-21-36/h1-31H. The van der Waals surface area contributed by atoms with Crippen molar-refractivity contribution >= 4 is 54.8 Å². The Morgan fingerprint density at radius 2 is 0.741 bits per heavy atom. The largest absolute Gasteiger partial charge is 0.307 e. The van der Waals surface area contributed by atoms with Crippen molar-refractivity contribution in [1.82, 2.24) is 24.1 Å². The molecule has 0 amide bonds. The predicted octanol–water partition coefficient (Wildman–Crippen LogP) is 12.2. The minimum atomic E-state index is 0.851. The highest BCUT2D eigenvalue weighted by Crippen LogP contribution is 2.45. The number of fused-ring (bicyclic) bond motifs is 8. The van der Waals surface area contributed by atoms with E-state index in [1.54, 1.807) is 0 Å². The fraction of sp³-hybridized carbons (Fsp3) is 0. The van der Waals surface area contributed by atoms with Crippen molar-refractivity contribution in [1.29, 1.82) is 0 Å². The molecular weight excluding hydrogens is 659 g/mol. The van der Waals surface area contributed by atoms with Gasteiger partial charge in [0.2, 0.25) is 0 Å². The van der Waals surface area contributed by atoms with Crippen LogP contribution in [0.25, 0.3) is 99.9 Å². The fourth-order valence-corrected chi connectivity index (χ4v) is 8.11. The number of hydrogen-bond acceptors (Lipinski definition) is 3. The highest BCUT2D eigenvalue weighted by molar-refractivity contribution is 6.27. The molecule has 4 aromatic heterocycles. The number of nitrogens with zero attached hydrogens (tertiary/aromatic N) is 5. The third kappa shape index (κ3) is 4.62. The Kier molecular flexibility index (Phi) is 6.79. The normalized spacial score (nSPS) is 11.7. The van der Waals surface area contributed by atoms with Crippen molar-refractivity contribution in [2.24, 2.45) is 0 Å². The molecule has 0 saturated heterocycles. The molecule has 0 unspecified atom stereocenters. The highest BCUT2D eigenvalue weighted by atomic mass is 15.0. The van der Waals surface area contributed by atoms with Gasteiger partial charge in [-0.15, -0.1) is 0 Å². The first kappa shape index (κ1) is 30.3. The quantitative estimate of drug-likeness (QED) is 0.181. The van der Waals surface area contributed by atoms with Crippen LogP contribution in [0.1, 0.15) is 0 Å². The number of benzene rings is 7. The van der Waals surface area contributed by atoms with Crippen molar-refractivity contribution in [2.45, 2.75) is 0 Å². The smallest absolute Gasteiger partial charge is 0.0979 e. The van der Waals surface area contributed by atoms with E-state index in [1.165, 1.54) is 10.8 Å². The minimum Gasteiger partial charge on any atom is -0.307 e. The van der Waals surface area contributed by atoms with Crippen LogP contribution in [0.5, 0.6) is 0 Å². The lowest BCUT2D eigenvalue weighted by Crippen LogP contribution is -1.99. The summed E-state index contributed by atoms with van der Waals surface area (Å²) in [7, 11) is 0. The molecule has 0 aliphatic rings. The zero-order valence-corrected chi connectivity index (χ0v) is 29.1. The zero-order valence-electron chi connectivity index (χ0n) is 29.1. The number of hydrogen-bond donors (Lipinski definition) is 0. The van der Waals surface area contributed by atoms with Gasteiger partial charge < -0.3 is 9.13 Å². The Balaban J connectivity index is 1.23. The third-order valence-corrected chi connectivity index (χ3v) is 10.5. The van der Waals surface area contributed by atoms with E-state index in [4.69, 9.17) is 15.0 Å². The van der Waals surface area contributed by atoms with Gasteiger partial charge in [-0.2, -0.15) is 0 Å². The third-order valence-electron chi connectivity index (χ3n) is 10.5. The van der Waals surface area contributed by atoms with Crippen molar-refractivity contribution in [3.8, 4) is 45.1 Å². The maximum absolute atomic E-state index is 5.67. The van der Waals surface area contributed by atoms with Crippen LogP contribution in [0.3, 0.4) is 0 Å². The van der Waals surface area contributed by atoms with Gasteiger partial charge in [0.15, 0.2) is 0 Å². The van der Waals surface area contributed by atoms with E-state index >= 15 is 0 Å². The number of para-hydroxylation sites is 6. The molecule has 11 rings (SSSR count). The topological polar surface area (TPSA) is 48.5 Å². The highest BCUT2D eigenvalue weighted by Gasteiger charge is 2.25.